The molecule has 0 atom stereocenters. The molecule has 6 heteroatoms. The summed E-state index contributed by atoms with van der Waals surface area (Å²) in [5.74, 6) is 0.147. The molecule has 0 spiro atoms. The lowest BCUT2D eigenvalue weighted by molar-refractivity contribution is -0.385. The molecule has 2 aromatic rings. The number of hydrogen-bond donors (Lipinski definition) is 0. The molecule has 0 amide bonds. The standard InChI is InChI=1S/C15H16ClN3O2/c1-10-5-4-8-12(9-10)18-15(16)14(19(20)21)13(17-18)11-6-2-3-7-11/h4-5,8-9,11H,2-3,6-7H2,1H3. The van der Waals surface area contributed by atoms with E-state index in [1.165, 1.54) is 4.68 Å². The molecule has 0 radical (unpaired) electrons. The van der Waals surface area contributed by atoms with Crippen molar-refractivity contribution < 1.29 is 4.92 Å². The van der Waals surface area contributed by atoms with Crippen LogP contribution in [0.4, 0.5) is 5.69 Å². The lowest BCUT2D eigenvalue weighted by Gasteiger charge is -2.04. The number of nitrogens with zero attached hydrogens (tertiary/aromatic N) is 3. The summed E-state index contributed by atoms with van der Waals surface area (Å²) < 4.78 is 1.49. The van der Waals surface area contributed by atoms with Gasteiger partial charge in [-0.15, -0.1) is 0 Å². The summed E-state index contributed by atoms with van der Waals surface area (Å²) >= 11 is 6.25. The molecule has 1 aliphatic carbocycles. The van der Waals surface area contributed by atoms with Gasteiger partial charge in [-0.3, -0.25) is 10.1 Å². The van der Waals surface area contributed by atoms with Crippen molar-refractivity contribution in [3.63, 3.8) is 0 Å². The average Bonchev–Trinajstić information content (AvgIpc) is 3.05. The van der Waals surface area contributed by atoms with E-state index in [0.717, 1.165) is 36.9 Å². The minimum absolute atomic E-state index is 0.0370. The molecule has 0 aliphatic heterocycles. The predicted octanol–water partition coefficient (Wildman–Crippen LogP) is 4.40. The van der Waals surface area contributed by atoms with Gasteiger partial charge in [-0.2, -0.15) is 5.10 Å². The maximum atomic E-state index is 11.4. The molecule has 21 heavy (non-hydrogen) atoms. The van der Waals surface area contributed by atoms with Crippen molar-refractivity contribution in [2.45, 2.75) is 38.5 Å². The molecule has 0 unspecified atom stereocenters. The number of benzene rings is 1. The predicted molar refractivity (Wildman–Crippen MR) is 81.2 cm³/mol. The van der Waals surface area contributed by atoms with E-state index in [9.17, 15) is 10.1 Å². The van der Waals surface area contributed by atoms with Crippen LogP contribution in [0.5, 0.6) is 0 Å². The van der Waals surface area contributed by atoms with Gasteiger partial charge in [0.1, 0.15) is 5.69 Å². The smallest absolute Gasteiger partial charge is 0.258 e. The summed E-state index contributed by atoms with van der Waals surface area (Å²) in [5.41, 5.74) is 2.31. The molecule has 5 nitrogen and oxygen atoms in total. The second-order valence-corrected chi connectivity index (χ2v) is 5.87. The van der Waals surface area contributed by atoms with Crippen molar-refractivity contribution in [3.8, 4) is 5.69 Å². The molecule has 1 aromatic carbocycles. The Hall–Kier alpha value is -1.88. The maximum Gasteiger partial charge on any atom is 0.329 e. The van der Waals surface area contributed by atoms with Crippen LogP contribution in [0.15, 0.2) is 24.3 Å². The lowest BCUT2D eigenvalue weighted by atomic mass is 10.0. The zero-order valence-electron chi connectivity index (χ0n) is 11.8. The third-order valence-electron chi connectivity index (χ3n) is 4.00. The second-order valence-electron chi connectivity index (χ2n) is 5.51. The largest absolute Gasteiger partial charge is 0.329 e. The Balaban J connectivity index is 2.14. The van der Waals surface area contributed by atoms with E-state index in [4.69, 9.17) is 11.6 Å². The molecular weight excluding hydrogens is 290 g/mol. The van der Waals surface area contributed by atoms with Crippen LogP contribution in [0.25, 0.3) is 5.69 Å². The van der Waals surface area contributed by atoms with Crippen molar-refractivity contribution in [2.75, 3.05) is 0 Å². The third kappa shape index (κ3) is 2.53. The molecule has 1 aromatic heterocycles. The van der Waals surface area contributed by atoms with E-state index in [-0.39, 0.29) is 16.8 Å². The topological polar surface area (TPSA) is 61.0 Å². The van der Waals surface area contributed by atoms with Crippen molar-refractivity contribution in [2.24, 2.45) is 0 Å². The normalized spacial score (nSPS) is 15.5. The first kappa shape index (κ1) is 14.1. The van der Waals surface area contributed by atoms with Gasteiger partial charge in [-0.25, -0.2) is 4.68 Å². The first-order valence-corrected chi connectivity index (χ1v) is 7.45. The van der Waals surface area contributed by atoms with Gasteiger partial charge >= 0.3 is 5.69 Å². The van der Waals surface area contributed by atoms with Crippen LogP contribution in [0.1, 0.15) is 42.9 Å². The van der Waals surface area contributed by atoms with Gasteiger partial charge in [0.2, 0.25) is 5.15 Å². The van der Waals surface area contributed by atoms with Crippen LogP contribution in [-0.2, 0) is 0 Å². The molecule has 0 saturated heterocycles. The highest BCUT2D eigenvalue weighted by molar-refractivity contribution is 6.32. The van der Waals surface area contributed by atoms with Gasteiger partial charge in [-0.05, 0) is 37.5 Å². The highest BCUT2D eigenvalue weighted by Crippen LogP contribution is 2.41. The average molecular weight is 306 g/mol. The Kier molecular flexibility index (Phi) is 3.68. The van der Waals surface area contributed by atoms with Gasteiger partial charge in [-0.1, -0.05) is 36.6 Å². The van der Waals surface area contributed by atoms with Gasteiger partial charge in [0.15, 0.2) is 0 Å². The van der Waals surface area contributed by atoms with Crippen molar-refractivity contribution in [1.29, 1.82) is 0 Å². The van der Waals surface area contributed by atoms with Crippen LogP contribution >= 0.6 is 11.6 Å². The van der Waals surface area contributed by atoms with Crippen molar-refractivity contribution >= 4 is 17.3 Å². The fourth-order valence-corrected chi connectivity index (χ4v) is 3.28. The van der Waals surface area contributed by atoms with E-state index in [1.807, 2.05) is 31.2 Å². The Morgan fingerprint density at radius 2 is 2.10 bits per heavy atom. The third-order valence-corrected chi connectivity index (χ3v) is 4.34. The highest BCUT2D eigenvalue weighted by Gasteiger charge is 2.33. The summed E-state index contributed by atoms with van der Waals surface area (Å²) in [6.45, 7) is 1.97. The summed E-state index contributed by atoms with van der Waals surface area (Å²) in [6.07, 6.45) is 4.08. The van der Waals surface area contributed by atoms with Gasteiger partial charge in [0.05, 0.1) is 10.6 Å². The quantitative estimate of drug-likeness (QED) is 0.623. The highest BCUT2D eigenvalue weighted by atomic mass is 35.5. The van der Waals surface area contributed by atoms with Crippen LogP contribution < -0.4 is 0 Å². The fourth-order valence-electron chi connectivity index (χ4n) is 2.98. The fraction of sp³-hybridized carbons (Fsp3) is 0.400. The molecule has 110 valence electrons. The summed E-state index contributed by atoms with van der Waals surface area (Å²) in [5, 5.41) is 15.9. The van der Waals surface area contributed by atoms with Crippen LogP contribution in [0, 0.1) is 17.0 Å². The molecule has 1 fully saturated rings. The van der Waals surface area contributed by atoms with Crippen LogP contribution in [0.3, 0.4) is 0 Å². The number of aryl methyl sites for hydroxylation is 1. The van der Waals surface area contributed by atoms with E-state index in [2.05, 4.69) is 5.10 Å². The lowest BCUT2D eigenvalue weighted by Crippen LogP contribution is -2.00. The molecule has 0 bridgehead atoms. The maximum absolute atomic E-state index is 11.4. The Labute approximate surface area is 127 Å². The first-order chi connectivity index (χ1) is 10.1. The molecule has 0 N–H and O–H groups in total. The second kappa shape index (κ2) is 5.48. The Morgan fingerprint density at radius 1 is 1.38 bits per heavy atom. The minimum atomic E-state index is -0.407. The Morgan fingerprint density at radius 3 is 2.71 bits per heavy atom. The number of hydrogen-bond acceptors (Lipinski definition) is 3. The molecular formula is C15H16ClN3O2. The molecule has 3 rings (SSSR count). The minimum Gasteiger partial charge on any atom is -0.258 e. The van der Waals surface area contributed by atoms with Gasteiger partial charge in [0.25, 0.3) is 0 Å². The summed E-state index contributed by atoms with van der Waals surface area (Å²) in [4.78, 5) is 11.0. The molecule has 1 heterocycles. The van der Waals surface area contributed by atoms with Crippen LogP contribution in [0.2, 0.25) is 5.15 Å². The van der Waals surface area contributed by atoms with Crippen molar-refractivity contribution in [1.82, 2.24) is 9.78 Å². The number of rotatable bonds is 3. The summed E-state index contributed by atoms with van der Waals surface area (Å²) in [6, 6.07) is 7.63. The zero-order valence-corrected chi connectivity index (χ0v) is 12.5. The van der Waals surface area contributed by atoms with E-state index in [1.54, 1.807) is 0 Å². The number of aromatic nitrogens is 2. The Bertz CT molecular complexity index is 690. The first-order valence-electron chi connectivity index (χ1n) is 7.08. The van der Waals surface area contributed by atoms with Gasteiger partial charge < -0.3 is 0 Å². The van der Waals surface area contributed by atoms with Crippen molar-refractivity contribution in [3.05, 3.63) is 50.8 Å². The molecule has 1 aliphatic rings. The van der Waals surface area contributed by atoms with E-state index in [0.29, 0.717) is 5.69 Å². The van der Waals surface area contributed by atoms with Crippen LogP contribution in [-0.4, -0.2) is 14.7 Å². The van der Waals surface area contributed by atoms with Gasteiger partial charge in [0, 0.05) is 5.92 Å². The zero-order chi connectivity index (χ0) is 15.0. The van der Waals surface area contributed by atoms with E-state index >= 15 is 0 Å². The molecule has 1 saturated carbocycles. The number of nitro groups is 1. The summed E-state index contributed by atoms with van der Waals surface area (Å²) in [7, 11) is 0. The number of halogens is 1. The monoisotopic (exact) mass is 305 g/mol. The van der Waals surface area contributed by atoms with E-state index < -0.39 is 4.92 Å². The SMILES string of the molecule is Cc1cccc(-n2nc(C3CCCC3)c([N+](=O)[O-])c2Cl)c1.